The van der Waals surface area contributed by atoms with Crippen LogP contribution in [0.4, 0.5) is 11.4 Å². The minimum absolute atomic E-state index is 0.280. The van der Waals surface area contributed by atoms with Gasteiger partial charge in [0.1, 0.15) is 0 Å². The highest BCUT2D eigenvalue weighted by Gasteiger charge is 2.26. The second kappa shape index (κ2) is 5.61. The van der Waals surface area contributed by atoms with Crippen LogP contribution >= 0.6 is 0 Å². The van der Waals surface area contributed by atoms with E-state index in [-0.39, 0.29) is 4.90 Å². The molecule has 20 heavy (non-hydrogen) atoms. The molecule has 1 aliphatic rings. The standard InChI is InChI=1S/C14H23N3O2S/c1-16(2)10-11-5-4-8-17(11)14-7-6-12(9-13(14)15)20(3,18)19/h6-7,9,11H,4-5,8,10,15H2,1-3H3. The molecule has 0 amide bonds. The van der Waals surface area contributed by atoms with E-state index < -0.39 is 9.84 Å². The van der Waals surface area contributed by atoms with Gasteiger partial charge in [0, 0.05) is 25.4 Å². The summed E-state index contributed by atoms with van der Waals surface area (Å²) in [7, 11) is 0.919. The summed E-state index contributed by atoms with van der Waals surface area (Å²) in [6.45, 7) is 1.95. The van der Waals surface area contributed by atoms with E-state index in [2.05, 4.69) is 23.9 Å². The third-order valence-electron chi connectivity index (χ3n) is 3.69. The van der Waals surface area contributed by atoms with Crippen molar-refractivity contribution in [2.75, 3.05) is 44.1 Å². The van der Waals surface area contributed by atoms with Gasteiger partial charge in [-0.2, -0.15) is 0 Å². The van der Waals surface area contributed by atoms with Crippen molar-refractivity contribution in [1.29, 1.82) is 0 Å². The Bertz CT molecular complexity index is 584. The molecular weight excluding hydrogens is 274 g/mol. The van der Waals surface area contributed by atoms with Gasteiger partial charge in [0.15, 0.2) is 9.84 Å². The number of nitrogen functional groups attached to an aromatic ring is 1. The number of anilines is 2. The first-order valence-electron chi connectivity index (χ1n) is 6.80. The second-order valence-corrected chi connectivity index (χ2v) is 7.76. The maximum absolute atomic E-state index is 11.6. The van der Waals surface area contributed by atoms with Gasteiger partial charge in [-0.15, -0.1) is 0 Å². The molecule has 2 N–H and O–H groups in total. The van der Waals surface area contributed by atoms with E-state index in [4.69, 9.17) is 5.73 Å². The lowest BCUT2D eigenvalue weighted by molar-refractivity contribution is 0.372. The summed E-state index contributed by atoms with van der Waals surface area (Å²) in [4.78, 5) is 4.74. The molecule has 6 heteroatoms. The zero-order valence-corrected chi connectivity index (χ0v) is 13.2. The highest BCUT2D eigenvalue weighted by molar-refractivity contribution is 7.90. The first-order valence-corrected chi connectivity index (χ1v) is 8.69. The summed E-state index contributed by atoms with van der Waals surface area (Å²) >= 11 is 0. The lowest BCUT2D eigenvalue weighted by atomic mass is 10.2. The molecule has 1 atom stereocenters. The van der Waals surface area contributed by atoms with Crippen molar-refractivity contribution in [2.24, 2.45) is 0 Å². The summed E-state index contributed by atoms with van der Waals surface area (Å²) < 4.78 is 23.1. The van der Waals surface area contributed by atoms with Crippen LogP contribution in [0.2, 0.25) is 0 Å². The lowest BCUT2D eigenvalue weighted by Gasteiger charge is -2.30. The van der Waals surface area contributed by atoms with Crippen molar-refractivity contribution in [3.8, 4) is 0 Å². The Kier molecular flexibility index (Phi) is 4.25. The van der Waals surface area contributed by atoms with Crippen LogP contribution < -0.4 is 10.6 Å². The van der Waals surface area contributed by atoms with Gasteiger partial charge in [0.2, 0.25) is 0 Å². The van der Waals surface area contributed by atoms with E-state index in [9.17, 15) is 8.42 Å². The summed E-state index contributed by atoms with van der Waals surface area (Å²) in [6.07, 6.45) is 3.49. The molecule has 0 bridgehead atoms. The van der Waals surface area contributed by atoms with Crippen LogP contribution in [0.5, 0.6) is 0 Å². The van der Waals surface area contributed by atoms with Crippen molar-refractivity contribution < 1.29 is 8.42 Å². The molecule has 1 unspecified atom stereocenters. The molecule has 1 saturated heterocycles. The second-order valence-electron chi connectivity index (χ2n) is 5.74. The molecule has 1 aromatic rings. The maximum atomic E-state index is 11.6. The number of rotatable bonds is 4. The molecular formula is C14H23N3O2S. The summed E-state index contributed by atoms with van der Waals surface area (Å²) in [5.41, 5.74) is 7.56. The monoisotopic (exact) mass is 297 g/mol. The molecule has 1 fully saturated rings. The first-order chi connectivity index (χ1) is 9.29. The molecule has 0 spiro atoms. The van der Waals surface area contributed by atoms with Gasteiger partial charge >= 0.3 is 0 Å². The van der Waals surface area contributed by atoms with Gasteiger partial charge in [-0.25, -0.2) is 8.42 Å². The molecule has 5 nitrogen and oxygen atoms in total. The van der Waals surface area contributed by atoms with Crippen molar-refractivity contribution in [2.45, 2.75) is 23.8 Å². The predicted octanol–water partition coefficient (Wildman–Crippen LogP) is 1.20. The average Bonchev–Trinajstić information content (AvgIpc) is 2.74. The van der Waals surface area contributed by atoms with Crippen molar-refractivity contribution in [3.63, 3.8) is 0 Å². The first kappa shape index (κ1) is 15.1. The average molecular weight is 297 g/mol. The van der Waals surface area contributed by atoms with Gasteiger partial charge in [-0.05, 0) is 45.1 Å². The number of likely N-dealkylation sites (N-methyl/N-ethyl adjacent to an activating group) is 1. The number of hydrogen-bond donors (Lipinski definition) is 1. The summed E-state index contributed by atoms with van der Waals surface area (Å²) in [6, 6.07) is 5.48. The van der Waals surface area contributed by atoms with Crippen LogP contribution in [0.25, 0.3) is 0 Å². The van der Waals surface area contributed by atoms with Crippen molar-refractivity contribution in [3.05, 3.63) is 18.2 Å². The van der Waals surface area contributed by atoms with Crippen LogP contribution in [0.1, 0.15) is 12.8 Å². The predicted molar refractivity (Wildman–Crippen MR) is 82.9 cm³/mol. The maximum Gasteiger partial charge on any atom is 0.175 e. The van der Waals surface area contributed by atoms with E-state index in [0.717, 1.165) is 31.6 Å². The minimum Gasteiger partial charge on any atom is -0.397 e. The fourth-order valence-electron chi connectivity index (χ4n) is 2.79. The third kappa shape index (κ3) is 3.24. The van der Waals surface area contributed by atoms with E-state index >= 15 is 0 Å². The van der Waals surface area contributed by atoms with E-state index in [1.54, 1.807) is 12.1 Å². The van der Waals surface area contributed by atoms with Crippen LogP contribution in [0, 0.1) is 0 Å². The zero-order chi connectivity index (χ0) is 14.9. The van der Waals surface area contributed by atoms with Crippen molar-refractivity contribution in [1.82, 2.24) is 4.90 Å². The number of nitrogens with zero attached hydrogens (tertiary/aromatic N) is 2. The Labute approximate surface area is 121 Å². The fraction of sp³-hybridized carbons (Fsp3) is 0.571. The normalized spacial score (nSPS) is 19.8. The van der Waals surface area contributed by atoms with E-state index in [1.165, 1.54) is 6.26 Å². The number of hydrogen-bond acceptors (Lipinski definition) is 5. The summed E-state index contributed by atoms with van der Waals surface area (Å²) in [5.74, 6) is 0. The molecule has 112 valence electrons. The van der Waals surface area contributed by atoms with Crippen LogP contribution in [-0.2, 0) is 9.84 Å². The van der Waals surface area contributed by atoms with Gasteiger partial charge in [-0.3, -0.25) is 0 Å². The number of benzene rings is 1. The summed E-state index contributed by atoms with van der Waals surface area (Å²) in [5, 5.41) is 0. The third-order valence-corrected chi connectivity index (χ3v) is 4.80. The quantitative estimate of drug-likeness (QED) is 0.846. The number of sulfone groups is 1. The molecule has 1 aliphatic heterocycles. The number of nitrogens with two attached hydrogens (primary N) is 1. The Morgan fingerprint density at radius 3 is 2.65 bits per heavy atom. The topological polar surface area (TPSA) is 66.6 Å². The van der Waals surface area contributed by atoms with E-state index in [0.29, 0.717) is 11.7 Å². The molecule has 0 aliphatic carbocycles. The molecule has 0 aromatic heterocycles. The Balaban J connectivity index is 2.29. The van der Waals surface area contributed by atoms with Crippen LogP contribution in [0.15, 0.2) is 23.1 Å². The minimum atomic E-state index is -3.20. The fourth-order valence-corrected chi connectivity index (χ4v) is 3.45. The Morgan fingerprint density at radius 1 is 1.40 bits per heavy atom. The van der Waals surface area contributed by atoms with Gasteiger partial charge in [0.25, 0.3) is 0 Å². The highest BCUT2D eigenvalue weighted by Crippen LogP contribution is 2.32. The van der Waals surface area contributed by atoms with Crippen molar-refractivity contribution >= 4 is 21.2 Å². The van der Waals surface area contributed by atoms with Gasteiger partial charge in [-0.1, -0.05) is 0 Å². The molecule has 0 saturated carbocycles. The van der Waals surface area contributed by atoms with Gasteiger partial charge < -0.3 is 15.5 Å². The molecule has 1 aromatic carbocycles. The van der Waals surface area contributed by atoms with Crippen LogP contribution in [0.3, 0.4) is 0 Å². The van der Waals surface area contributed by atoms with Gasteiger partial charge in [0.05, 0.1) is 16.3 Å². The SMILES string of the molecule is CN(C)CC1CCCN1c1ccc(S(C)(=O)=O)cc1N. The molecule has 1 heterocycles. The molecule has 2 rings (SSSR count). The Morgan fingerprint density at radius 2 is 2.10 bits per heavy atom. The molecule has 0 radical (unpaired) electrons. The lowest BCUT2D eigenvalue weighted by Crippen LogP contribution is -2.37. The largest absolute Gasteiger partial charge is 0.397 e. The van der Waals surface area contributed by atoms with E-state index in [1.807, 2.05) is 6.07 Å². The van der Waals surface area contributed by atoms with Crippen LogP contribution in [-0.4, -0.2) is 52.8 Å². The smallest absolute Gasteiger partial charge is 0.175 e. The highest BCUT2D eigenvalue weighted by atomic mass is 32.2. The zero-order valence-electron chi connectivity index (χ0n) is 12.3. The Hall–Kier alpha value is -1.27.